The molecule has 0 spiro atoms. The van der Waals surface area contributed by atoms with Gasteiger partial charge in [0, 0.05) is 0 Å². The molecule has 0 fully saturated rings. The van der Waals surface area contributed by atoms with Crippen molar-refractivity contribution in [2.45, 2.75) is 0 Å². The van der Waals surface area contributed by atoms with Gasteiger partial charge in [-0.05, 0) is 98.3 Å². The normalized spacial score (nSPS) is 13.0. The summed E-state index contributed by atoms with van der Waals surface area (Å²) in [6.45, 7) is 0. The molecule has 0 atom stereocenters. The van der Waals surface area contributed by atoms with E-state index in [4.69, 9.17) is 0 Å². The van der Waals surface area contributed by atoms with Crippen molar-refractivity contribution in [2.75, 3.05) is 0 Å². The molecule has 0 aliphatic rings. The Morgan fingerprint density at radius 2 is 0.781 bits per heavy atom. The Hall–Kier alpha value is -4.16. The summed E-state index contributed by atoms with van der Waals surface area (Å²) in [5.41, 5.74) is 0. The van der Waals surface area contributed by atoms with E-state index in [1.807, 2.05) is 0 Å². The zero-order valence-corrected chi connectivity index (χ0v) is 17.2. The topological polar surface area (TPSA) is 0 Å². The first-order valence-corrected chi connectivity index (χ1v) is 11.3. The molecule has 9 aromatic carbocycles. The molecule has 32 heavy (non-hydrogen) atoms. The van der Waals surface area contributed by atoms with Gasteiger partial charge in [-0.3, -0.25) is 0 Å². The van der Waals surface area contributed by atoms with Crippen LogP contribution in [0.1, 0.15) is 0 Å². The van der Waals surface area contributed by atoms with Crippen molar-refractivity contribution in [3.05, 3.63) is 97.1 Å². The summed E-state index contributed by atoms with van der Waals surface area (Å²) in [5.74, 6) is 0. The molecule has 0 heteroatoms. The molecular weight excluding hydrogens is 384 g/mol. The van der Waals surface area contributed by atoms with Crippen LogP contribution in [0.4, 0.5) is 0 Å². The van der Waals surface area contributed by atoms with E-state index >= 15 is 0 Å². The fraction of sp³-hybridized carbons (Fsp3) is 0. The number of hydrogen-bond donors (Lipinski definition) is 0. The molecule has 0 saturated heterocycles. The molecule has 0 aliphatic carbocycles. The smallest absolute Gasteiger partial charge is 0.000741 e. The molecule has 0 heterocycles. The SMILES string of the molecule is c1cc2ccc3cc4ccc5c6ccccc6c6cccc7c8cc(c1)c2c3c8c4c5c67. The fourth-order valence-electron chi connectivity index (χ4n) is 6.65. The van der Waals surface area contributed by atoms with Crippen LogP contribution in [0, 0.1) is 0 Å². The van der Waals surface area contributed by atoms with Gasteiger partial charge < -0.3 is 0 Å². The Balaban J connectivity index is 1.79. The van der Waals surface area contributed by atoms with Gasteiger partial charge in [-0.15, -0.1) is 0 Å². The summed E-state index contributed by atoms with van der Waals surface area (Å²) in [6.07, 6.45) is 0. The number of benzene rings is 9. The Morgan fingerprint density at radius 1 is 0.250 bits per heavy atom. The molecule has 0 aromatic heterocycles. The van der Waals surface area contributed by atoms with Crippen LogP contribution in [0.2, 0.25) is 0 Å². The highest BCUT2D eigenvalue weighted by molar-refractivity contribution is 6.47. The minimum Gasteiger partial charge on any atom is -0.0616 e. The van der Waals surface area contributed by atoms with E-state index < -0.39 is 0 Å². The van der Waals surface area contributed by atoms with Gasteiger partial charge in [-0.2, -0.15) is 0 Å². The van der Waals surface area contributed by atoms with Gasteiger partial charge in [0.2, 0.25) is 0 Å². The number of fused-ring (bicyclic) bond motifs is 4. The number of rotatable bonds is 0. The first-order valence-electron chi connectivity index (χ1n) is 11.3. The molecule has 0 radical (unpaired) electrons. The van der Waals surface area contributed by atoms with Crippen molar-refractivity contribution in [3.8, 4) is 0 Å². The lowest BCUT2D eigenvalue weighted by Gasteiger charge is -2.22. The van der Waals surface area contributed by atoms with Crippen molar-refractivity contribution >= 4 is 86.2 Å². The zero-order valence-electron chi connectivity index (χ0n) is 17.2. The van der Waals surface area contributed by atoms with Crippen molar-refractivity contribution in [3.63, 3.8) is 0 Å². The first kappa shape index (κ1) is 15.6. The van der Waals surface area contributed by atoms with Crippen LogP contribution in [-0.2, 0) is 0 Å². The largest absolute Gasteiger partial charge is 0.0616 e. The monoisotopic (exact) mass is 400 g/mol. The minimum absolute atomic E-state index is 1.33. The van der Waals surface area contributed by atoms with Gasteiger partial charge in [0.25, 0.3) is 0 Å². The number of hydrogen-bond acceptors (Lipinski definition) is 0. The highest BCUT2D eigenvalue weighted by Gasteiger charge is 2.22. The van der Waals surface area contributed by atoms with Gasteiger partial charge >= 0.3 is 0 Å². The Morgan fingerprint density at radius 3 is 1.62 bits per heavy atom. The molecule has 0 nitrogen and oxygen atoms in total. The zero-order chi connectivity index (χ0) is 20.6. The predicted octanol–water partition coefficient (Wildman–Crippen LogP) is 9.23. The molecule has 0 aliphatic heterocycles. The lowest BCUT2D eigenvalue weighted by atomic mass is 9.81. The highest BCUT2D eigenvalue weighted by Crippen LogP contribution is 2.50. The van der Waals surface area contributed by atoms with Crippen LogP contribution >= 0.6 is 0 Å². The summed E-state index contributed by atoms with van der Waals surface area (Å²) in [7, 11) is 0. The molecule has 0 saturated carbocycles. The van der Waals surface area contributed by atoms with E-state index in [2.05, 4.69) is 97.1 Å². The summed E-state index contributed by atoms with van der Waals surface area (Å²) in [4.78, 5) is 0. The predicted molar refractivity (Wildman–Crippen MR) is 140 cm³/mol. The average molecular weight is 400 g/mol. The standard InChI is InChI=1S/C32H16/c1-2-8-22-21(7-1)23-9-4-10-24-26-16-18-6-3-5-17-11-12-19-15-20-13-14-25(22)31(30(23)24)29(20)32(26)28(19)27(17)18/h1-16H. The molecule has 9 rings (SSSR count). The molecule has 9 aromatic rings. The second-order valence-corrected chi connectivity index (χ2v) is 9.28. The summed E-state index contributed by atoms with van der Waals surface area (Å²) >= 11 is 0. The van der Waals surface area contributed by atoms with Crippen molar-refractivity contribution in [1.82, 2.24) is 0 Å². The Bertz CT molecular complexity index is 2180. The average Bonchev–Trinajstić information content (AvgIpc) is 2.85. The van der Waals surface area contributed by atoms with E-state index in [-0.39, 0.29) is 0 Å². The highest BCUT2D eigenvalue weighted by atomic mass is 14.2. The summed E-state index contributed by atoms with van der Waals surface area (Å²) in [6, 6.07) is 36.6. The maximum Gasteiger partial charge on any atom is -0.000741 e. The third-order valence-electron chi connectivity index (χ3n) is 7.84. The van der Waals surface area contributed by atoms with E-state index in [0.29, 0.717) is 0 Å². The van der Waals surface area contributed by atoms with Crippen LogP contribution in [0.3, 0.4) is 0 Å². The molecule has 144 valence electrons. The molecule has 0 amide bonds. The maximum atomic E-state index is 2.44. The minimum atomic E-state index is 1.33. The van der Waals surface area contributed by atoms with E-state index in [0.717, 1.165) is 0 Å². The van der Waals surface area contributed by atoms with Crippen molar-refractivity contribution in [2.24, 2.45) is 0 Å². The first-order chi connectivity index (χ1) is 15.9. The third-order valence-corrected chi connectivity index (χ3v) is 7.84. The summed E-state index contributed by atoms with van der Waals surface area (Å²) in [5, 5.41) is 22.1. The van der Waals surface area contributed by atoms with Crippen molar-refractivity contribution < 1.29 is 0 Å². The van der Waals surface area contributed by atoms with E-state index in [1.165, 1.54) is 86.2 Å². The van der Waals surface area contributed by atoms with Gasteiger partial charge in [-0.1, -0.05) is 84.9 Å². The molecule has 0 bridgehead atoms. The second-order valence-electron chi connectivity index (χ2n) is 9.28. The van der Waals surface area contributed by atoms with E-state index in [1.54, 1.807) is 0 Å². The van der Waals surface area contributed by atoms with Crippen LogP contribution in [0.15, 0.2) is 97.1 Å². The lowest BCUT2D eigenvalue weighted by Crippen LogP contribution is -1.93. The van der Waals surface area contributed by atoms with Crippen LogP contribution < -0.4 is 0 Å². The summed E-state index contributed by atoms with van der Waals surface area (Å²) < 4.78 is 0. The molecule has 0 N–H and O–H groups in total. The third kappa shape index (κ3) is 1.57. The quantitative estimate of drug-likeness (QED) is 0.176. The van der Waals surface area contributed by atoms with Gasteiger partial charge in [0.05, 0.1) is 0 Å². The van der Waals surface area contributed by atoms with Crippen LogP contribution in [0.5, 0.6) is 0 Å². The van der Waals surface area contributed by atoms with E-state index in [9.17, 15) is 0 Å². The second kappa shape index (κ2) is 5.00. The van der Waals surface area contributed by atoms with Gasteiger partial charge in [-0.25, -0.2) is 0 Å². The Labute approximate surface area is 183 Å². The van der Waals surface area contributed by atoms with Crippen molar-refractivity contribution in [1.29, 1.82) is 0 Å². The molecular formula is C32H16. The lowest BCUT2D eigenvalue weighted by molar-refractivity contribution is 1.80. The van der Waals surface area contributed by atoms with Gasteiger partial charge in [0.15, 0.2) is 0 Å². The van der Waals surface area contributed by atoms with Crippen LogP contribution in [-0.4, -0.2) is 0 Å². The van der Waals surface area contributed by atoms with Gasteiger partial charge in [0.1, 0.15) is 0 Å². The maximum absolute atomic E-state index is 2.44. The fourth-order valence-corrected chi connectivity index (χ4v) is 6.65. The molecule has 0 unspecified atom stereocenters. The Kier molecular flexibility index (Phi) is 2.44. The van der Waals surface area contributed by atoms with Crippen LogP contribution in [0.25, 0.3) is 86.2 Å².